The first kappa shape index (κ1) is 22.6. The fourth-order valence-electron chi connectivity index (χ4n) is 3.59. The zero-order chi connectivity index (χ0) is 20.2. The van der Waals surface area contributed by atoms with Crippen LogP contribution in [0.25, 0.3) is 0 Å². The number of aliphatic hydroxyl groups excluding tert-OH is 1. The average molecular weight is 401 g/mol. The molecule has 1 N–H and O–H groups in total. The van der Waals surface area contributed by atoms with Crippen LogP contribution in [0.4, 0.5) is 0 Å². The molecule has 0 aliphatic heterocycles. The Kier molecular flexibility index (Phi) is 6.06. The Bertz CT molecular complexity index is 472. The second-order valence-electron chi connectivity index (χ2n) is 12.2. The van der Waals surface area contributed by atoms with Gasteiger partial charge in [0.25, 0.3) is 0 Å². The first-order valence-electron chi connectivity index (χ1n) is 10.5. The largest absolute Gasteiger partial charge is 0.416 e. The molecule has 2 fully saturated rings. The van der Waals surface area contributed by atoms with E-state index < -0.39 is 16.6 Å². The van der Waals surface area contributed by atoms with E-state index in [9.17, 15) is 5.11 Å². The van der Waals surface area contributed by atoms with Crippen molar-refractivity contribution < 1.29 is 14.0 Å². The molecule has 0 saturated heterocycles. The SMILES string of the molecule is CC(C)(C)[Si](C)(C)OCC1(CO[Si](C)(C)C(C)(C)C)C[C@H]2C[C@H]2[C@H](O)C1. The van der Waals surface area contributed by atoms with Crippen LogP contribution < -0.4 is 0 Å². The van der Waals surface area contributed by atoms with Gasteiger partial charge in [-0.3, -0.25) is 0 Å². The van der Waals surface area contributed by atoms with Crippen molar-refractivity contribution in [3.05, 3.63) is 0 Å². The molecule has 0 unspecified atom stereocenters. The molecule has 3 nitrogen and oxygen atoms in total. The zero-order valence-electron chi connectivity index (χ0n) is 19.0. The molecule has 5 heteroatoms. The third-order valence-electron chi connectivity index (χ3n) is 7.90. The van der Waals surface area contributed by atoms with Crippen LogP contribution >= 0.6 is 0 Å². The van der Waals surface area contributed by atoms with E-state index in [1.165, 1.54) is 6.42 Å². The van der Waals surface area contributed by atoms with Gasteiger partial charge in [-0.2, -0.15) is 0 Å². The highest BCUT2D eigenvalue weighted by atomic mass is 28.4. The van der Waals surface area contributed by atoms with Gasteiger partial charge in [0.2, 0.25) is 0 Å². The van der Waals surface area contributed by atoms with Gasteiger partial charge in [0.05, 0.1) is 6.10 Å². The van der Waals surface area contributed by atoms with Crippen LogP contribution in [0.2, 0.25) is 36.3 Å². The topological polar surface area (TPSA) is 38.7 Å². The Morgan fingerprint density at radius 2 is 1.27 bits per heavy atom. The molecule has 0 spiro atoms. The molecular weight excluding hydrogens is 356 g/mol. The van der Waals surface area contributed by atoms with E-state index in [0.717, 1.165) is 26.1 Å². The van der Waals surface area contributed by atoms with Crippen LogP contribution in [0, 0.1) is 17.3 Å². The Balaban J connectivity index is 2.13. The van der Waals surface area contributed by atoms with Gasteiger partial charge in [-0.15, -0.1) is 0 Å². The van der Waals surface area contributed by atoms with E-state index in [1.807, 2.05) is 0 Å². The Hall–Kier alpha value is 0.314. The van der Waals surface area contributed by atoms with E-state index in [4.69, 9.17) is 8.85 Å². The lowest BCUT2D eigenvalue weighted by Gasteiger charge is -2.46. The molecule has 2 rings (SSSR count). The van der Waals surface area contributed by atoms with Gasteiger partial charge >= 0.3 is 0 Å². The summed E-state index contributed by atoms with van der Waals surface area (Å²) in [4.78, 5) is 0. The summed E-state index contributed by atoms with van der Waals surface area (Å²) in [5.41, 5.74) is -0.0118. The zero-order valence-corrected chi connectivity index (χ0v) is 21.0. The highest BCUT2D eigenvalue weighted by molar-refractivity contribution is 6.74. The van der Waals surface area contributed by atoms with Crippen molar-refractivity contribution in [3.63, 3.8) is 0 Å². The average Bonchev–Trinajstić information content (AvgIpc) is 3.21. The van der Waals surface area contributed by atoms with Gasteiger partial charge in [0.1, 0.15) is 0 Å². The normalized spacial score (nSPS) is 29.4. The van der Waals surface area contributed by atoms with Crippen molar-refractivity contribution in [2.24, 2.45) is 17.3 Å². The monoisotopic (exact) mass is 400 g/mol. The Morgan fingerprint density at radius 1 is 0.846 bits per heavy atom. The predicted molar refractivity (Wildman–Crippen MR) is 116 cm³/mol. The first-order chi connectivity index (χ1) is 11.5. The summed E-state index contributed by atoms with van der Waals surface area (Å²) in [7, 11) is -3.61. The van der Waals surface area contributed by atoms with Gasteiger partial charge in [0.15, 0.2) is 16.6 Å². The van der Waals surface area contributed by atoms with Crippen LogP contribution in [0.1, 0.15) is 60.8 Å². The summed E-state index contributed by atoms with van der Waals surface area (Å²) < 4.78 is 13.3. The highest BCUT2D eigenvalue weighted by Crippen LogP contribution is 2.57. The van der Waals surface area contributed by atoms with Crippen molar-refractivity contribution >= 4 is 16.6 Å². The number of hydrogen-bond donors (Lipinski definition) is 1. The first-order valence-corrected chi connectivity index (χ1v) is 16.3. The maximum absolute atomic E-state index is 10.6. The van der Waals surface area contributed by atoms with Crippen molar-refractivity contribution in [1.29, 1.82) is 0 Å². The fourth-order valence-corrected chi connectivity index (χ4v) is 5.79. The quantitative estimate of drug-likeness (QED) is 0.572. The molecule has 154 valence electrons. The van der Waals surface area contributed by atoms with Crippen LogP contribution in [-0.2, 0) is 8.85 Å². The van der Waals surface area contributed by atoms with Crippen molar-refractivity contribution in [2.45, 2.75) is 103 Å². The minimum absolute atomic E-state index is 0.0118. The molecule has 0 aromatic heterocycles. The van der Waals surface area contributed by atoms with E-state index in [-0.39, 0.29) is 21.6 Å². The van der Waals surface area contributed by atoms with E-state index in [0.29, 0.717) is 11.8 Å². The molecular formula is C21H44O3Si2. The second-order valence-corrected chi connectivity index (χ2v) is 21.9. The lowest BCUT2D eigenvalue weighted by Crippen LogP contribution is -2.50. The maximum atomic E-state index is 10.6. The van der Waals surface area contributed by atoms with Gasteiger partial charge in [-0.1, -0.05) is 41.5 Å². The fraction of sp³-hybridized carbons (Fsp3) is 1.00. The smallest absolute Gasteiger partial charge is 0.192 e. The summed E-state index contributed by atoms with van der Waals surface area (Å²) in [5, 5.41) is 11.1. The van der Waals surface area contributed by atoms with Crippen LogP contribution in [0.15, 0.2) is 0 Å². The molecule has 2 aliphatic rings. The summed E-state index contributed by atoms with van der Waals surface area (Å²) in [6.45, 7) is 24.6. The van der Waals surface area contributed by atoms with Crippen molar-refractivity contribution in [2.75, 3.05) is 13.2 Å². The third kappa shape index (κ3) is 4.83. The van der Waals surface area contributed by atoms with Gasteiger partial charge < -0.3 is 14.0 Å². The number of fused-ring (bicyclic) bond motifs is 1. The molecule has 0 heterocycles. The molecule has 3 atom stereocenters. The van der Waals surface area contributed by atoms with Crippen LogP contribution in [0.3, 0.4) is 0 Å². The molecule has 0 radical (unpaired) electrons. The summed E-state index contributed by atoms with van der Waals surface area (Å²) in [6.07, 6.45) is 3.04. The van der Waals surface area contributed by atoms with Crippen LogP contribution in [-0.4, -0.2) is 41.1 Å². The number of hydrogen-bond acceptors (Lipinski definition) is 3. The lowest BCUT2D eigenvalue weighted by atomic mass is 9.74. The maximum Gasteiger partial charge on any atom is 0.192 e. The molecule has 26 heavy (non-hydrogen) atoms. The summed E-state index contributed by atoms with van der Waals surface area (Å²) in [6, 6.07) is 0. The minimum Gasteiger partial charge on any atom is -0.416 e. The van der Waals surface area contributed by atoms with Gasteiger partial charge in [-0.25, -0.2) is 0 Å². The third-order valence-corrected chi connectivity index (χ3v) is 16.9. The summed E-state index contributed by atoms with van der Waals surface area (Å²) >= 11 is 0. The standard InChI is InChI=1S/C21H44O3Si2/c1-19(2,3)25(7,8)23-14-21(12-16-11-17(16)18(22)13-21)15-24-26(9,10)20(4,5)6/h16-18,22H,11-15H2,1-10H3/t16-,17-,18-/m1/s1. The minimum atomic E-state index is -1.80. The highest BCUT2D eigenvalue weighted by Gasteiger charge is 2.55. The molecule has 0 aromatic carbocycles. The lowest BCUT2D eigenvalue weighted by molar-refractivity contribution is -0.0247. The van der Waals surface area contributed by atoms with Crippen molar-refractivity contribution in [1.82, 2.24) is 0 Å². The van der Waals surface area contributed by atoms with Crippen LogP contribution in [0.5, 0.6) is 0 Å². The Labute approximate surface area is 164 Å². The predicted octanol–water partition coefficient (Wildman–Crippen LogP) is 5.81. The van der Waals surface area contributed by atoms with E-state index in [1.54, 1.807) is 0 Å². The number of rotatable bonds is 6. The Morgan fingerprint density at radius 3 is 1.62 bits per heavy atom. The van der Waals surface area contributed by atoms with Crippen molar-refractivity contribution in [3.8, 4) is 0 Å². The molecule has 0 bridgehead atoms. The molecule has 0 amide bonds. The van der Waals surface area contributed by atoms with E-state index >= 15 is 0 Å². The van der Waals surface area contributed by atoms with E-state index in [2.05, 4.69) is 67.7 Å². The summed E-state index contributed by atoms with van der Waals surface area (Å²) in [5.74, 6) is 1.23. The van der Waals surface area contributed by atoms with Gasteiger partial charge in [-0.05, 0) is 67.4 Å². The molecule has 0 aromatic rings. The molecule has 2 aliphatic carbocycles. The van der Waals surface area contributed by atoms with Gasteiger partial charge in [0, 0.05) is 18.6 Å². The number of aliphatic hydroxyl groups is 1. The second kappa shape index (κ2) is 6.98. The molecule has 2 saturated carbocycles.